The first-order valence-electron chi connectivity index (χ1n) is 7.00. The summed E-state index contributed by atoms with van der Waals surface area (Å²) in [7, 11) is 0. The van der Waals surface area contributed by atoms with Gasteiger partial charge in [0, 0.05) is 24.6 Å². The van der Waals surface area contributed by atoms with Gasteiger partial charge in [0.05, 0.1) is 0 Å². The molecule has 0 spiro atoms. The van der Waals surface area contributed by atoms with Gasteiger partial charge in [0.1, 0.15) is 0 Å². The quantitative estimate of drug-likeness (QED) is 0.744. The normalized spacial score (nSPS) is 15.3. The third-order valence-electron chi connectivity index (χ3n) is 3.64. The molecule has 1 heterocycles. The summed E-state index contributed by atoms with van der Waals surface area (Å²) >= 11 is 0. The minimum Gasteiger partial charge on any atom is -0.355 e. The smallest absolute Gasteiger partial charge is 0.226 e. The zero-order valence-electron chi connectivity index (χ0n) is 12.1. The van der Waals surface area contributed by atoms with Crippen molar-refractivity contribution >= 4 is 29.9 Å². The Bertz CT molecular complexity index is 463. The lowest BCUT2D eigenvalue weighted by Gasteiger charge is -2.31. The van der Waals surface area contributed by atoms with Gasteiger partial charge in [-0.05, 0) is 31.1 Å². The standard InChI is InChI=1S/C15H21N3O2.ClH/c1-11(12-9-16-10-12)15(20)17-8-7-14(19)18-13-5-3-2-4-6-13;/h2-6,11-12,16H,7-10H2,1H3,(H,17,20)(H,18,19);1H. The van der Waals surface area contributed by atoms with E-state index in [2.05, 4.69) is 16.0 Å². The van der Waals surface area contributed by atoms with Gasteiger partial charge >= 0.3 is 0 Å². The Morgan fingerprint density at radius 1 is 1.29 bits per heavy atom. The largest absolute Gasteiger partial charge is 0.355 e. The molecular formula is C15H22ClN3O2. The van der Waals surface area contributed by atoms with E-state index in [1.54, 1.807) is 0 Å². The lowest BCUT2D eigenvalue weighted by atomic mass is 9.88. The number of benzene rings is 1. The lowest BCUT2D eigenvalue weighted by Crippen LogP contribution is -2.49. The summed E-state index contributed by atoms with van der Waals surface area (Å²) in [5.74, 6) is 0.375. The fraction of sp³-hybridized carbons (Fsp3) is 0.467. The van der Waals surface area contributed by atoms with Crippen LogP contribution in [0.25, 0.3) is 0 Å². The van der Waals surface area contributed by atoms with Gasteiger partial charge < -0.3 is 16.0 Å². The molecule has 1 aromatic carbocycles. The van der Waals surface area contributed by atoms with Crippen molar-refractivity contribution in [3.05, 3.63) is 30.3 Å². The number of carbonyl (C=O) groups excluding carboxylic acids is 2. The van der Waals surface area contributed by atoms with Gasteiger partial charge in [-0.25, -0.2) is 0 Å². The number of hydrogen-bond acceptors (Lipinski definition) is 3. The van der Waals surface area contributed by atoms with Crippen molar-refractivity contribution in [3.63, 3.8) is 0 Å². The van der Waals surface area contributed by atoms with E-state index in [9.17, 15) is 9.59 Å². The Labute approximate surface area is 131 Å². The Hall–Kier alpha value is -1.59. The van der Waals surface area contributed by atoms with Crippen molar-refractivity contribution in [2.75, 3.05) is 25.0 Å². The van der Waals surface area contributed by atoms with Crippen LogP contribution in [0.2, 0.25) is 0 Å². The third kappa shape index (κ3) is 5.36. The Kier molecular flexibility index (Phi) is 7.19. The lowest BCUT2D eigenvalue weighted by molar-refractivity contribution is -0.126. The Morgan fingerprint density at radius 2 is 1.95 bits per heavy atom. The summed E-state index contributed by atoms with van der Waals surface area (Å²) in [5.41, 5.74) is 0.776. The van der Waals surface area contributed by atoms with Crippen molar-refractivity contribution in [1.29, 1.82) is 0 Å². The summed E-state index contributed by atoms with van der Waals surface area (Å²) in [6, 6.07) is 9.30. The number of halogens is 1. The van der Waals surface area contributed by atoms with Crippen molar-refractivity contribution in [2.24, 2.45) is 11.8 Å². The molecule has 2 rings (SSSR count). The fourth-order valence-electron chi connectivity index (χ4n) is 2.08. The summed E-state index contributed by atoms with van der Waals surface area (Å²) in [5, 5.41) is 8.76. The molecule has 116 valence electrons. The van der Waals surface area contributed by atoms with E-state index >= 15 is 0 Å². The minimum absolute atomic E-state index is 0. The SMILES string of the molecule is CC(C(=O)NCCC(=O)Nc1ccccc1)C1CNC1.Cl. The van der Waals surface area contributed by atoms with E-state index in [0.717, 1.165) is 18.8 Å². The molecule has 1 aliphatic heterocycles. The molecule has 21 heavy (non-hydrogen) atoms. The highest BCUT2D eigenvalue weighted by molar-refractivity contribution is 5.91. The molecule has 0 aliphatic carbocycles. The molecule has 2 amide bonds. The molecule has 3 N–H and O–H groups in total. The highest BCUT2D eigenvalue weighted by Gasteiger charge is 2.28. The summed E-state index contributed by atoms with van der Waals surface area (Å²) in [6.45, 7) is 4.12. The zero-order valence-corrected chi connectivity index (χ0v) is 12.9. The van der Waals surface area contributed by atoms with Crippen molar-refractivity contribution < 1.29 is 9.59 Å². The van der Waals surface area contributed by atoms with Crippen LogP contribution in [-0.4, -0.2) is 31.4 Å². The maximum absolute atomic E-state index is 11.8. The second-order valence-corrected chi connectivity index (χ2v) is 5.16. The van der Waals surface area contributed by atoms with E-state index in [1.807, 2.05) is 37.3 Å². The second kappa shape index (κ2) is 8.64. The van der Waals surface area contributed by atoms with Gasteiger partial charge in [0.15, 0.2) is 0 Å². The van der Waals surface area contributed by atoms with E-state index in [1.165, 1.54) is 0 Å². The number of nitrogens with one attached hydrogen (secondary N) is 3. The van der Waals surface area contributed by atoms with Crippen molar-refractivity contribution in [2.45, 2.75) is 13.3 Å². The maximum Gasteiger partial charge on any atom is 0.226 e. The van der Waals surface area contributed by atoms with Crippen LogP contribution >= 0.6 is 12.4 Å². The molecule has 0 radical (unpaired) electrons. The molecule has 6 heteroatoms. The molecule has 1 unspecified atom stereocenters. The molecule has 1 fully saturated rings. The van der Waals surface area contributed by atoms with E-state index in [-0.39, 0.29) is 36.6 Å². The Balaban J connectivity index is 0.00000220. The topological polar surface area (TPSA) is 70.2 Å². The first kappa shape index (κ1) is 17.5. The number of amides is 2. The van der Waals surface area contributed by atoms with Crippen LogP contribution in [0.1, 0.15) is 13.3 Å². The molecule has 5 nitrogen and oxygen atoms in total. The molecule has 1 aromatic rings. The first-order valence-corrected chi connectivity index (χ1v) is 7.00. The summed E-state index contributed by atoms with van der Waals surface area (Å²) < 4.78 is 0. The monoisotopic (exact) mass is 311 g/mol. The highest BCUT2D eigenvalue weighted by atomic mass is 35.5. The van der Waals surface area contributed by atoms with Crippen molar-refractivity contribution in [1.82, 2.24) is 10.6 Å². The van der Waals surface area contributed by atoms with Crippen LogP contribution < -0.4 is 16.0 Å². The van der Waals surface area contributed by atoms with E-state index in [0.29, 0.717) is 12.5 Å². The molecule has 1 saturated heterocycles. The average Bonchev–Trinajstić information content (AvgIpc) is 2.37. The van der Waals surface area contributed by atoms with Crippen LogP contribution in [-0.2, 0) is 9.59 Å². The van der Waals surface area contributed by atoms with Crippen LogP contribution in [0.4, 0.5) is 5.69 Å². The number of hydrogen-bond donors (Lipinski definition) is 3. The number of rotatable bonds is 6. The molecule has 1 atom stereocenters. The molecule has 0 aromatic heterocycles. The number of para-hydroxylation sites is 1. The predicted molar refractivity (Wildman–Crippen MR) is 85.5 cm³/mol. The molecule has 0 bridgehead atoms. The molecular weight excluding hydrogens is 290 g/mol. The molecule has 1 aliphatic rings. The second-order valence-electron chi connectivity index (χ2n) is 5.16. The van der Waals surface area contributed by atoms with Gasteiger partial charge in [-0.1, -0.05) is 25.1 Å². The van der Waals surface area contributed by atoms with Crippen LogP contribution in [0.5, 0.6) is 0 Å². The highest BCUT2D eigenvalue weighted by Crippen LogP contribution is 2.15. The molecule has 0 saturated carbocycles. The minimum atomic E-state index is -0.0885. The predicted octanol–water partition coefficient (Wildman–Crippen LogP) is 1.41. The van der Waals surface area contributed by atoms with Gasteiger partial charge in [-0.3, -0.25) is 9.59 Å². The van der Waals surface area contributed by atoms with Crippen molar-refractivity contribution in [3.8, 4) is 0 Å². The third-order valence-corrected chi connectivity index (χ3v) is 3.64. The number of carbonyl (C=O) groups is 2. The summed E-state index contributed by atoms with van der Waals surface area (Å²) in [6.07, 6.45) is 0.288. The summed E-state index contributed by atoms with van der Waals surface area (Å²) in [4.78, 5) is 23.5. The average molecular weight is 312 g/mol. The van der Waals surface area contributed by atoms with Crippen LogP contribution in [0.3, 0.4) is 0 Å². The van der Waals surface area contributed by atoms with Gasteiger partial charge in [-0.2, -0.15) is 0 Å². The number of anilines is 1. The van der Waals surface area contributed by atoms with Crippen LogP contribution in [0.15, 0.2) is 30.3 Å². The van der Waals surface area contributed by atoms with Gasteiger partial charge in [0.2, 0.25) is 11.8 Å². The maximum atomic E-state index is 11.8. The van der Waals surface area contributed by atoms with E-state index < -0.39 is 0 Å². The Morgan fingerprint density at radius 3 is 2.52 bits per heavy atom. The first-order chi connectivity index (χ1) is 9.66. The zero-order chi connectivity index (χ0) is 14.4. The van der Waals surface area contributed by atoms with Crippen LogP contribution in [0, 0.1) is 11.8 Å². The van der Waals surface area contributed by atoms with Gasteiger partial charge in [-0.15, -0.1) is 12.4 Å². The van der Waals surface area contributed by atoms with E-state index in [4.69, 9.17) is 0 Å². The van der Waals surface area contributed by atoms with Gasteiger partial charge in [0.25, 0.3) is 0 Å². The fourth-order valence-corrected chi connectivity index (χ4v) is 2.08.